The largest absolute Gasteiger partial charge is 0.457 e. The number of piperidine rings is 1. The molecule has 0 unspecified atom stereocenters. The average Bonchev–Trinajstić information content (AvgIpc) is 2.69. The van der Waals surface area contributed by atoms with Crippen LogP contribution in [0.3, 0.4) is 0 Å². The fraction of sp³-hybridized carbons (Fsp3) is 0.381. The number of halogens is 1. The lowest BCUT2D eigenvalue weighted by molar-refractivity contribution is 0.00839. The van der Waals surface area contributed by atoms with E-state index < -0.39 is 0 Å². The summed E-state index contributed by atoms with van der Waals surface area (Å²) < 4.78 is 11.7. The average molecular weight is 391 g/mol. The summed E-state index contributed by atoms with van der Waals surface area (Å²) in [5.41, 5.74) is 6.09. The van der Waals surface area contributed by atoms with Gasteiger partial charge < -0.3 is 20.1 Å². The molecule has 5 nitrogen and oxygen atoms in total. The predicted octanol–water partition coefficient (Wildman–Crippen LogP) is 3.87. The number of ether oxygens (including phenoxy) is 2. The van der Waals surface area contributed by atoms with Crippen LogP contribution in [0, 0.1) is 0 Å². The first kappa shape index (κ1) is 21.2. The van der Waals surface area contributed by atoms with Crippen molar-refractivity contribution in [3.8, 4) is 11.5 Å². The molecule has 0 saturated carbocycles. The second-order valence-corrected chi connectivity index (χ2v) is 6.42. The number of benzene rings is 2. The van der Waals surface area contributed by atoms with E-state index in [0.29, 0.717) is 37.6 Å². The van der Waals surface area contributed by atoms with Gasteiger partial charge in [0.2, 0.25) is 0 Å². The van der Waals surface area contributed by atoms with Crippen molar-refractivity contribution in [1.82, 2.24) is 4.90 Å². The smallest absolute Gasteiger partial charge is 0.257 e. The summed E-state index contributed by atoms with van der Waals surface area (Å²) >= 11 is 0. The molecule has 0 aromatic heterocycles. The van der Waals surface area contributed by atoms with Crippen LogP contribution in [0.15, 0.2) is 54.6 Å². The molecular formula is C21H27ClN2O3. The van der Waals surface area contributed by atoms with Gasteiger partial charge >= 0.3 is 0 Å². The maximum atomic E-state index is 13.0. The minimum absolute atomic E-state index is 0. The zero-order valence-corrected chi connectivity index (χ0v) is 16.2. The van der Waals surface area contributed by atoms with Crippen LogP contribution in [0.2, 0.25) is 0 Å². The maximum absolute atomic E-state index is 13.0. The number of hydrogen-bond acceptors (Lipinski definition) is 4. The summed E-state index contributed by atoms with van der Waals surface area (Å²) in [6.07, 6.45) is 2.82. The number of amides is 1. The van der Waals surface area contributed by atoms with Crippen molar-refractivity contribution in [2.75, 3.05) is 26.2 Å². The SMILES string of the molecule is Cl.NCCCOC1CCN(C(=O)c2ccccc2Oc2ccccc2)CC1. The standard InChI is InChI=1S/C21H26N2O3.ClH/c22-13-6-16-25-17-11-14-23(15-12-17)21(24)19-9-4-5-10-20(19)26-18-7-2-1-3-8-18;/h1-5,7-10,17H,6,11-16,22H2;1H. The lowest BCUT2D eigenvalue weighted by atomic mass is 10.1. The molecule has 1 aliphatic rings. The Labute approximate surface area is 166 Å². The highest BCUT2D eigenvalue weighted by Crippen LogP contribution is 2.27. The highest BCUT2D eigenvalue weighted by atomic mass is 35.5. The van der Waals surface area contributed by atoms with Crippen LogP contribution in [-0.2, 0) is 4.74 Å². The number of hydrogen-bond donors (Lipinski definition) is 1. The summed E-state index contributed by atoms with van der Waals surface area (Å²) in [5.74, 6) is 1.32. The number of nitrogens with zero attached hydrogens (tertiary/aromatic N) is 1. The zero-order valence-electron chi connectivity index (χ0n) is 15.4. The van der Waals surface area contributed by atoms with Gasteiger partial charge in [-0.15, -0.1) is 12.4 Å². The third kappa shape index (κ3) is 5.96. The van der Waals surface area contributed by atoms with Crippen molar-refractivity contribution < 1.29 is 14.3 Å². The van der Waals surface area contributed by atoms with E-state index in [1.807, 2.05) is 59.5 Å². The van der Waals surface area contributed by atoms with Crippen molar-refractivity contribution in [2.24, 2.45) is 5.73 Å². The summed E-state index contributed by atoms with van der Waals surface area (Å²) in [6, 6.07) is 16.9. The van der Waals surface area contributed by atoms with Gasteiger partial charge in [-0.1, -0.05) is 30.3 Å². The van der Waals surface area contributed by atoms with Crippen LogP contribution >= 0.6 is 12.4 Å². The van der Waals surface area contributed by atoms with Gasteiger partial charge in [-0.2, -0.15) is 0 Å². The molecule has 0 spiro atoms. The Balaban J connectivity index is 0.00000261. The molecule has 2 aromatic carbocycles. The Morgan fingerprint density at radius 2 is 1.70 bits per heavy atom. The summed E-state index contributed by atoms with van der Waals surface area (Å²) in [4.78, 5) is 14.9. The van der Waals surface area contributed by atoms with Crippen molar-refractivity contribution in [3.63, 3.8) is 0 Å². The van der Waals surface area contributed by atoms with Crippen molar-refractivity contribution in [2.45, 2.75) is 25.4 Å². The van der Waals surface area contributed by atoms with E-state index in [0.717, 1.165) is 25.0 Å². The van der Waals surface area contributed by atoms with Crippen molar-refractivity contribution >= 4 is 18.3 Å². The second-order valence-electron chi connectivity index (χ2n) is 6.42. The van der Waals surface area contributed by atoms with Gasteiger partial charge in [0, 0.05) is 19.7 Å². The van der Waals surface area contributed by atoms with Crippen molar-refractivity contribution in [1.29, 1.82) is 0 Å². The zero-order chi connectivity index (χ0) is 18.2. The first-order valence-electron chi connectivity index (χ1n) is 9.21. The summed E-state index contributed by atoms with van der Waals surface area (Å²) in [6.45, 7) is 2.75. The van der Waals surface area contributed by atoms with Crippen LogP contribution in [0.25, 0.3) is 0 Å². The summed E-state index contributed by atoms with van der Waals surface area (Å²) in [5, 5.41) is 0. The van der Waals surface area contributed by atoms with Gasteiger partial charge in [0.15, 0.2) is 0 Å². The summed E-state index contributed by atoms with van der Waals surface area (Å²) in [7, 11) is 0. The van der Waals surface area contributed by atoms with Gasteiger partial charge in [-0.25, -0.2) is 0 Å². The first-order valence-corrected chi connectivity index (χ1v) is 9.21. The first-order chi connectivity index (χ1) is 12.8. The minimum atomic E-state index is 0. The fourth-order valence-electron chi connectivity index (χ4n) is 3.08. The van der Waals surface area contributed by atoms with Crippen molar-refractivity contribution in [3.05, 3.63) is 60.2 Å². The van der Waals surface area contributed by atoms with E-state index >= 15 is 0 Å². The molecule has 1 amide bonds. The Hall–Kier alpha value is -2.08. The van der Waals surface area contributed by atoms with Crippen LogP contribution < -0.4 is 10.5 Å². The molecule has 27 heavy (non-hydrogen) atoms. The molecule has 146 valence electrons. The molecule has 0 atom stereocenters. The topological polar surface area (TPSA) is 64.8 Å². The van der Waals surface area contributed by atoms with E-state index in [9.17, 15) is 4.79 Å². The van der Waals surface area contributed by atoms with Gasteiger partial charge in [0.25, 0.3) is 5.91 Å². The van der Waals surface area contributed by atoms with Gasteiger partial charge in [0.1, 0.15) is 11.5 Å². The van der Waals surface area contributed by atoms with E-state index in [4.69, 9.17) is 15.2 Å². The molecule has 0 radical (unpaired) electrons. The normalized spacial score (nSPS) is 14.5. The van der Waals surface area contributed by atoms with E-state index in [2.05, 4.69) is 0 Å². The highest BCUT2D eigenvalue weighted by Gasteiger charge is 2.25. The molecule has 3 rings (SSSR count). The number of nitrogens with two attached hydrogens (primary N) is 1. The number of rotatable bonds is 7. The molecule has 1 fully saturated rings. The molecular weight excluding hydrogens is 364 g/mol. The molecule has 1 aliphatic heterocycles. The quantitative estimate of drug-likeness (QED) is 0.729. The Morgan fingerprint density at radius 1 is 1.04 bits per heavy atom. The van der Waals surface area contributed by atoms with E-state index in [1.165, 1.54) is 0 Å². The van der Waals surface area contributed by atoms with Crippen LogP contribution in [-0.4, -0.2) is 43.2 Å². The highest BCUT2D eigenvalue weighted by molar-refractivity contribution is 5.97. The molecule has 0 aliphatic carbocycles. The van der Waals surface area contributed by atoms with E-state index in [1.54, 1.807) is 0 Å². The molecule has 2 aromatic rings. The predicted molar refractivity (Wildman–Crippen MR) is 109 cm³/mol. The molecule has 0 bridgehead atoms. The minimum Gasteiger partial charge on any atom is -0.457 e. The van der Waals surface area contributed by atoms with Gasteiger partial charge in [-0.05, 0) is 50.1 Å². The number of carbonyl (C=O) groups excluding carboxylic acids is 1. The Morgan fingerprint density at radius 3 is 2.41 bits per heavy atom. The van der Waals surface area contributed by atoms with E-state index in [-0.39, 0.29) is 24.4 Å². The Kier molecular flexibility index (Phi) is 8.58. The number of para-hydroxylation sites is 2. The van der Waals surface area contributed by atoms with Gasteiger partial charge in [0.05, 0.1) is 11.7 Å². The second kappa shape index (κ2) is 10.9. The third-order valence-corrected chi connectivity index (χ3v) is 4.52. The molecule has 1 heterocycles. The lowest BCUT2D eigenvalue weighted by Gasteiger charge is -2.32. The molecule has 6 heteroatoms. The monoisotopic (exact) mass is 390 g/mol. The fourth-order valence-corrected chi connectivity index (χ4v) is 3.08. The Bertz CT molecular complexity index is 704. The lowest BCUT2D eigenvalue weighted by Crippen LogP contribution is -2.41. The van der Waals surface area contributed by atoms with Gasteiger partial charge in [-0.3, -0.25) is 4.79 Å². The molecule has 1 saturated heterocycles. The number of carbonyl (C=O) groups is 1. The van der Waals surface area contributed by atoms with Crippen LogP contribution in [0.4, 0.5) is 0 Å². The molecule has 2 N–H and O–H groups in total. The van der Waals surface area contributed by atoms with Crippen LogP contribution in [0.5, 0.6) is 11.5 Å². The maximum Gasteiger partial charge on any atom is 0.257 e. The third-order valence-electron chi connectivity index (χ3n) is 4.52. The van der Waals surface area contributed by atoms with Crippen LogP contribution in [0.1, 0.15) is 29.6 Å². The number of likely N-dealkylation sites (tertiary alicyclic amines) is 1.